The molecule has 5 nitrogen and oxygen atoms in total. The van der Waals surface area contributed by atoms with Crippen LogP contribution in [0.4, 0.5) is 5.69 Å². The minimum Gasteiger partial charge on any atom is -0.497 e. The number of benzene rings is 1. The molecule has 6 heteroatoms. The molecule has 1 atom stereocenters. The second-order valence-corrected chi connectivity index (χ2v) is 7.45. The molecule has 130 valence electrons. The third-order valence-electron chi connectivity index (χ3n) is 3.92. The third kappa shape index (κ3) is 4.71. The van der Waals surface area contributed by atoms with Gasteiger partial charge in [0.2, 0.25) is 0 Å². The smallest absolute Gasteiger partial charge is 0.254 e. The minimum absolute atomic E-state index is 0.0295. The maximum absolute atomic E-state index is 12.3. The molecule has 0 bridgehead atoms. The number of hydrogen-bond donors (Lipinski definition) is 2. The average Bonchev–Trinajstić information content (AvgIpc) is 2.96. The number of hydrogen-bond acceptors (Lipinski definition) is 5. The second kappa shape index (κ2) is 7.66. The Labute approximate surface area is 147 Å². The van der Waals surface area contributed by atoms with Gasteiger partial charge in [0, 0.05) is 29.7 Å². The Morgan fingerprint density at radius 3 is 2.71 bits per heavy atom. The van der Waals surface area contributed by atoms with Gasteiger partial charge in [0.15, 0.2) is 0 Å². The van der Waals surface area contributed by atoms with Crippen LogP contribution in [0.1, 0.15) is 36.8 Å². The van der Waals surface area contributed by atoms with Crippen LogP contribution in [0.15, 0.2) is 29.6 Å². The third-order valence-corrected chi connectivity index (χ3v) is 4.64. The number of nitrogens with zero attached hydrogens (tertiary/aromatic N) is 1. The first kappa shape index (κ1) is 18.3. The van der Waals surface area contributed by atoms with Crippen LogP contribution in [0.3, 0.4) is 0 Å². The van der Waals surface area contributed by atoms with Gasteiger partial charge >= 0.3 is 0 Å². The van der Waals surface area contributed by atoms with E-state index in [1.807, 2.05) is 31.2 Å². The summed E-state index contributed by atoms with van der Waals surface area (Å²) in [5, 5.41) is 8.30. The van der Waals surface area contributed by atoms with Crippen molar-refractivity contribution in [2.75, 3.05) is 19.0 Å². The van der Waals surface area contributed by atoms with Crippen molar-refractivity contribution in [3.63, 3.8) is 0 Å². The molecule has 2 aromatic rings. The van der Waals surface area contributed by atoms with Crippen LogP contribution < -0.4 is 15.4 Å². The van der Waals surface area contributed by atoms with Crippen molar-refractivity contribution in [1.29, 1.82) is 0 Å². The quantitative estimate of drug-likeness (QED) is 0.836. The summed E-state index contributed by atoms with van der Waals surface area (Å²) in [5.41, 5.74) is 2.36. The Kier molecular flexibility index (Phi) is 5.83. The molecule has 1 aromatic carbocycles. The minimum atomic E-state index is -0.0806. The van der Waals surface area contributed by atoms with E-state index in [2.05, 4.69) is 35.8 Å². The fourth-order valence-corrected chi connectivity index (χ4v) is 2.98. The molecule has 2 N–H and O–H groups in total. The highest BCUT2D eigenvalue weighted by Gasteiger charge is 2.25. The van der Waals surface area contributed by atoms with Gasteiger partial charge in [-0.2, -0.15) is 4.37 Å². The van der Waals surface area contributed by atoms with Gasteiger partial charge in [-0.1, -0.05) is 26.8 Å². The van der Waals surface area contributed by atoms with Crippen LogP contribution in [0.5, 0.6) is 5.75 Å². The zero-order valence-electron chi connectivity index (χ0n) is 14.8. The van der Waals surface area contributed by atoms with Gasteiger partial charge in [0.05, 0.1) is 18.4 Å². The van der Waals surface area contributed by atoms with Gasteiger partial charge in [0.1, 0.15) is 5.75 Å². The maximum Gasteiger partial charge on any atom is 0.254 e. The molecule has 2 rings (SSSR count). The van der Waals surface area contributed by atoms with Gasteiger partial charge in [-0.05, 0) is 36.0 Å². The normalized spacial score (nSPS) is 12.5. The van der Waals surface area contributed by atoms with Gasteiger partial charge in [-0.15, -0.1) is 0 Å². The number of aromatic nitrogens is 1. The fraction of sp³-hybridized carbons (Fsp3) is 0.444. The lowest BCUT2D eigenvalue weighted by atomic mass is 9.86. The lowest BCUT2D eigenvalue weighted by Crippen LogP contribution is -2.44. The maximum atomic E-state index is 12.3. The Morgan fingerprint density at radius 2 is 2.12 bits per heavy atom. The second-order valence-electron chi connectivity index (χ2n) is 6.82. The van der Waals surface area contributed by atoms with Gasteiger partial charge in [-0.3, -0.25) is 4.79 Å². The highest BCUT2D eigenvalue weighted by atomic mass is 32.1. The Morgan fingerprint density at radius 1 is 1.38 bits per heavy atom. The molecule has 1 amide bonds. The topological polar surface area (TPSA) is 63.2 Å². The van der Waals surface area contributed by atoms with E-state index in [0.29, 0.717) is 12.1 Å². The molecule has 24 heavy (non-hydrogen) atoms. The SMILES string of the molecule is COc1cccc(N[C@@H](CNC(=O)c2csnc2C)C(C)(C)C)c1. The van der Waals surface area contributed by atoms with Gasteiger partial charge < -0.3 is 15.4 Å². The summed E-state index contributed by atoms with van der Waals surface area (Å²) in [6.45, 7) is 8.81. The van der Waals surface area contributed by atoms with Crippen molar-refractivity contribution < 1.29 is 9.53 Å². The first-order valence-corrected chi connectivity index (χ1v) is 8.74. The number of anilines is 1. The molecular weight excluding hydrogens is 322 g/mol. The molecule has 0 saturated carbocycles. The summed E-state index contributed by atoms with van der Waals surface area (Å²) in [4.78, 5) is 12.3. The van der Waals surface area contributed by atoms with Crippen molar-refractivity contribution in [3.8, 4) is 5.75 Å². The highest BCUT2D eigenvalue weighted by Crippen LogP contribution is 2.25. The molecule has 1 heterocycles. The van der Waals surface area contributed by atoms with Crippen LogP contribution in [0, 0.1) is 12.3 Å². The number of amides is 1. The molecule has 0 unspecified atom stereocenters. The molecule has 0 saturated heterocycles. The summed E-state index contributed by atoms with van der Waals surface area (Å²) in [7, 11) is 1.65. The molecule has 0 radical (unpaired) electrons. The van der Waals surface area contributed by atoms with E-state index in [1.165, 1.54) is 11.5 Å². The lowest BCUT2D eigenvalue weighted by Gasteiger charge is -2.32. The molecular formula is C18H25N3O2S. The van der Waals surface area contributed by atoms with E-state index in [1.54, 1.807) is 12.5 Å². The van der Waals surface area contributed by atoms with Crippen molar-refractivity contribution in [2.45, 2.75) is 33.7 Å². The number of carbonyl (C=O) groups excluding carboxylic acids is 1. The van der Waals surface area contributed by atoms with Crippen LogP contribution in [-0.4, -0.2) is 30.0 Å². The molecule has 0 aliphatic rings. The van der Waals surface area contributed by atoms with Crippen molar-refractivity contribution in [2.24, 2.45) is 5.41 Å². The van der Waals surface area contributed by atoms with E-state index in [4.69, 9.17) is 4.74 Å². The summed E-state index contributed by atoms with van der Waals surface area (Å²) < 4.78 is 9.42. The highest BCUT2D eigenvalue weighted by molar-refractivity contribution is 7.03. The summed E-state index contributed by atoms with van der Waals surface area (Å²) in [5.74, 6) is 0.722. The van der Waals surface area contributed by atoms with Gasteiger partial charge in [0.25, 0.3) is 5.91 Å². The fourth-order valence-electron chi connectivity index (χ4n) is 2.29. The summed E-state index contributed by atoms with van der Waals surface area (Å²) in [6.07, 6.45) is 0. The van der Waals surface area contributed by atoms with Crippen LogP contribution in [0.25, 0.3) is 0 Å². The lowest BCUT2D eigenvalue weighted by molar-refractivity contribution is 0.0946. The largest absolute Gasteiger partial charge is 0.497 e. The Bertz CT molecular complexity index is 692. The first-order chi connectivity index (χ1) is 11.3. The van der Waals surface area contributed by atoms with Gasteiger partial charge in [-0.25, -0.2) is 0 Å². The zero-order valence-corrected chi connectivity index (χ0v) is 15.7. The summed E-state index contributed by atoms with van der Waals surface area (Å²) in [6, 6.07) is 7.87. The van der Waals surface area contributed by atoms with Crippen LogP contribution in [-0.2, 0) is 0 Å². The number of methoxy groups -OCH3 is 1. The van der Waals surface area contributed by atoms with E-state index < -0.39 is 0 Å². The Balaban J connectivity index is 2.06. The average molecular weight is 347 g/mol. The van der Waals surface area contributed by atoms with E-state index >= 15 is 0 Å². The molecule has 0 aliphatic carbocycles. The standard InChI is InChI=1S/C18H25N3O2S/c1-12-15(11-24-21-12)17(22)19-10-16(18(2,3)4)20-13-7-6-8-14(9-13)23-5/h6-9,11,16,20H,10H2,1-5H3,(H,19,22)/t16-/m0/s1. The molecule has 0 spiro atoms. The Hall–Kier alpha value is -2.08. The van der Waals surface area contributed by atoms with Crippen LogP contribution in [0.2, 0.25) is 0 Å². The number of nitrogens with one attached hydrogen (secondary N) is 2. The predicted octanol–water partition coefficient (Wildman–Crippen LogP) is 3.72. The van der Waals surface area contributed by atoms with Crippen LogP contribution >= 0.6 is 11.5 Å². The van der Waals surface area contributed by atoms with Crippen molar-refractivity contribution in [1.82, 2.24) is 9.69 Å². The van der Waals surface area contributed by atoms with E-state index in [0.717, 1.165) is 17.1 Å². The first-order valence-electron chi connectivity index (χ1n) is 7.91. The van der Waals surface area contributed by atoms with Crippen molar-refractivity contribution >= 4 is 23.1 Å². The number of rotatable bonds is 6. The molecule has 1 aromatic heterocycles. The predicted molar refractivity (Wildman–Crippen MR) is 99.0 cm³/mol. The number of ether oxygens (including phenoxy) is 1. The number of aryl methyl sites for hydroxylation is 1. The molecule has 0 aliphatic heterocycles. The zero-order chi connectivity index (χ0) is 17.7. The molecule has 0 fully saturated rings. The monoisotopic (exact) mass is 347 g/mol. The summed E-state index contributed by atoms with van der Waals surface area (Å²) >= 11 is 1.30. The number of carbonyl (C=O) groups is 1. The van der Waals surface area contributed by atoms with E-state index in [9.17, 15) is 4.79 Å². The van der Waals surface area contributed by atoms with Crippen molar-refractivity contribution in [3.05, 3.63) is 40.9 Å². The van der Waals surface area contributed by atoms with E-state index in [-0.39, 0.29) is 17.4 Å².